The molecule has 0 unspecified atom stereocenters. The number of carbonyl (C=O) groups excluding carboxylic acids is 1. The Morgan fingerprint density at radius 3 is 2.35 bits per heavy atom. The van der Waals surface area contributed by atoms with Crippen LogP contribution in [-0.4, -0.2) is 34.7 Å². The first-order valence-corrected chi connectivity index (χ1v) is 5.01. The molecule has 0 heterocycles. The van der Waals surface area contributed by atoms with Gasteiger partial charge in [-0.1, -0.05) is 30.3 Å². The van der Waals surface area contributed by atoms with Gasteiger partial charge < -0.3 is 21.3 Å². The van der Waals surface area contributed by atoms with Crippen LogP contribution in [-0.2, 0) is 9.59 Å². The van der Waals surface area contributed by atoms with Crippen molar-refractivity contribution in [2.24, 2.45) is 5.73 Å². The fourth-order valence-corrected chi connectivity index (χ4v) is 1.26. The summed E-state index contributed by atoms with van der Waals surface area (Å²) < 4.78 is 0. The molecule has 17 heavy (non-hydrogen) atoms. The minimum absolute atomic E-state index is 0.576. The van der Waals surface area contributed by atoms with Crippen molar-refractivity contribution < 1.29 is 19.8 Å². The van der Waals surface area contributed by atoms with Gasteiger partial charge in [0.2, 0.25) is 5.91 Å². The zero-order chi connectivity index (χ0) is 12.8. The summed E-state index contributed by atoms with van der Waals surface area (Å²) in [6.45, 7) is -0.678. The van der Waals surface area contributed by atoms with Gasteiger partial charge in [-0.05, 0) is 5.56 Å². The van der Waals surface area contributed by atoms with Crippen LogP contribution in [0, 0.1) is 0 Å². The van der Waals surface area contributed by atoms with E-state index in [2.05, 4.69) is 5.32 Å². The van der Waals surface area contributed by atoms with E-state index < -0.39 is 30.6 Å². The summed E-state index contributed by atoms with van der Waals surface area (Å²) in [5, 5.41) is 19.6. The van der Waals surface area contributed by atoms with Gasteiger partial charge in [-0.2, -0.15) is 0 Å². The van der Waals surface area contributed by atoms with Crippen molar-refractivity contribution in [3.63, 3.8) is 0 Å². The van der Waals surface area contributed by atoms with Crippen molar-refractivity contribution in [1.82, 2.24) is 5.32 Å². The highest BCUT2D eigenvalue weighted by Crippen LogP contribution is 2.09. The van der Waals surface area contributed by atoms with Gasteiger partial charge in [-0.25, -0.2) is 4.79 Å². The molecule has 2 atom stereocenters. The molecule has 6 heteroatoms. The third-order valence-electron chi connectivity index (χ3n) is 2.24. The molecule has 5 N–H and O–H groups in total. The van der Waals surface area contributed by atoms with E-state index in [-0.39, 0.29) is 0 Å². The van der Waals surface area contributed by atoms with Crippen molar-refractivity contribution in [3.05, 3.63) is 35.9 Å². The zero-order valence-electron chi connectivity index (χ0n) is 9.04. The molecule has 0 aliphatic carbocycles. The van der Waals surface area contributed by atoms with Crippen LogP contribution in [0.4, 0.5) is 0 Å². The highest BCUT2D eigenvalue weighted by Gasteiger charge is 2.23. The summed E-state index contributed by atoms with van der Waals surface area (Å²) in [7, 11) is 0. The lowest BCUT2D eigenvalue weighted by molar-refractivity contribution is -0.143. The smallest absolute Gasteiger partial charge is 0.328 e. The summed E-state index contributed by atoms with van der Waals surface area (Å²) in [5.41, 5.74) is 6.23. The van der Waals surface area contributed by atoms with E-state index in [1.807, 2.05) is 0 Å². The molecule has 0 spiro atoms. The van der Waals surface area contributed by atoms with Crippen LogP contribution < -0.4 is 11.1 Å². The lowest BCUT2D eigenvalue weighted by Gasteiger charge is -2.16. The molecule has 1 amide bonds. The standard InChI is InChI=1S/C11H14N2O4/c12-9(7-4-2-1-3-5-7)10(15)13-8(6-14)11(16)17/h1-5,8-9,14H,6,12H2,(H,13,15)(H,16,17)/t8-,9+/m1/s1. The molecular weight excluding hydrogens is 224 g/mol. The monoisotopic (exact) mass is 238 g/mol. The Morgan fingerprint density at radius 1 is 1.29 bits per heavy atom. The second-order valence-electron chi connectivity index (χ2n) is 3.47. The van der Waals surface area contributed by atoms with E-state index in [0.29, 0.717) is 5.56 Å². The van der Waals surface area contributed by atoms with Gasteiger partial charge in [-0.3, -0.25) is 4.79 Å². The third-order valence-corrected chi connectivity index (χ3v) is 2.24. The Morgan fingerprint density at radius 2 is 1.88 bits per heavy atom. The molecular formula is C11H14N2O4. The van der Waals surface area contributed by atoms with Crippen molar-refractivity contribution in [3.8, 4) is 0 Å². The Bertz CT molecular complexity index is 394. The number of nitrogens with one attached hydrogen (secondary N) is 1. The summed E-state index contributed by atoms with van der Waals surface area (Å²) in [4.78, 5) is 22.2. The van der Waals surface area contributed by atoms with Gasteiger partial charge in [0, 0.05) is 0 Å². The minimum atomic E-state index is -1.34. The average Bonchev–Trinajstić information content (AvgIpc) is 2.35. The first-order chi connectivity index (χ1) is 8.06. The minimum Gasteiger partial charge on any atom is -0.480 e. The summed E-state index contributed by atoms with van der Waals surface area (Å²) in [5.74, 6) is -1.95. The molecule has 0 saturated carbocycles. The van der Waals surface area contributed by atoms with Crippen LogP contribution in [0.2, 0.25) is 0 Å². The van der Waals surface area contributed by atoms with E-state index in [1.54, 1.807) is 30.3 Å². The van der Waals surface area contributed by atoms with Gasteiger partial charge in [0.15, 0.2) is 0 Å². The molecule has 0 saturated heterocycles. The summed E-state index contributed by atoms with van der Waals surface area (Å²) in [6.07, 6.45) is 0. The van der Waals surface area contributed by atoms with E-state index in [0.717, 1.165) is 0 Å². The number of carbonyl (C=O) groups is 2. The Hall–Kier alpha value is -1.92. The molecule has 0 fully saturated rings. The van der Waals surface area contributed by atoms with Crippen LogP contribution in [0.25, 0.3) is 0 Å². The molecule has 1 aromatic carbocycles. The van der Waals surface area contributed by atoms with Crippen LogP contribution in [0.5, 0.6) is 0 Å². The third kappa shape index (κ3) is 3.54. The number of nitrogens with two attached hydrogens (primary N) is 1. The van der Waals surface area contributed by atoms with Crippen molar-refractivity contribution in [1.29, 1.82) is 0 Å². The van der Waals surface area contributed by atoms with Crippen LogP contribution in [0.15, 0.2) is 30.3 Å². The Labute approximate surface area is 98.1 Å². The Balaban J connectivity index is 2.68. The number of hydrogen-bond acceptors (Lipinski definition) is 4. The number of carboxylic acid groups (broad SMARTS) is 1. The number of benzene rings is 1. The van der Waals surface area contributed by atoms with Gasteiger partial charge >= 0.3 is 5.97 Å². The molecule has 0 aliphatic heterocycles. The molecule has 92 valence electrons. The first kappa shape index (κ1) is 13.1. The van der Waals surface area contributed by atoms with Crippen molar-refractivity contribution in [2.45, 2.75) is 12.1 Å². The molecule has 1 rings (SSSR count). The highest BCUT2D eigenvalue weighted by atomic mass is 16.4. The van der Waals surface area contributed by atoms with Crippen LogP contribution >= 0.6 is 0 Å². The van der Waals surface area contributed by atoms with E-state index >= 15 is 0 Å². The quantitative estimate of drug-likeness (QED) is 0.539. The van der Waals surface area contributed by atoms with E-state index in [9.17, 15) is 9.59 Å². The number of hydrogen-bond donors (Lipinski definition) is 4. The maximum absolute atomic E-state index is 11.6. The highest BCUT2D eigenvalue weighted by molar-refractivity contribution is 5.87. The Kier molecular flexibility index (Phi) is 4.62. The van der Waals surface area contributed by atoms with E-state index in [1.165, 1.54) is 0 Å². The lowest BCUT2D eigenvalue weighted by atomic mass is 10.1. The summed E-state index contributed by atoms with van der Waals surface area (Å²) in [6, 6.07) is 6.27. The molecule has 0 aromatic heterocycles. The number of aliphatic hydroxyl groups is 1. The normalized spacial score (nSPS) is 13.8. The second kappa shape index (κ2) is 5.97. The average molecular weight is 238 g/mol. The predicted molar refractivity (Wildman–Crippen MR) is 60.0 cm³/mol. The fraction of sp³-hybridized carbons (Fsp3) is 0.273. The maximum Gasteiger partial charge on any atom is 0.328 e. The van der Waals surface area contributed by atoms with Gasteiger partial charge in [0.05, 0.1) is 6.61 Å². The molecule has 6 nitrogen and oxygen atoms in total. The zero-order valence-corrected chi connectivity index (χ0v) is 9.04. The fourth-order valence-electron chi connectivity index (χ4n) is 1.26. The number of aliphatic hydroxyl groups excluding tert-OH is 1. The topological polar surface area (TPSA) is 113 Å². The number of rotatable bonds is 5. The van der Waals surface area contributed by atoms with Crippen molar-refractivity contribution >= 4 is 11.9 Å². The molecule has 1 aromatic rings. The number of carboxylic acids is 1. The van der Waals surface area contributed by atoms with Gasteiger partial charge in [0.1, 0.15) is 12.1 Å². The SMILES string of the molecule is N[C@H](C(=O)N[C@H](CO)C(=O)O)c1ccccc1. The maximum atomic E-state index is 11.6. The largest absolute Gasteiger partial charge is 0.480 e. The van der Waals surface area contributed by atoms with Crippen LogP contribution in [0.3, 0.4) is 0 Å². The molecule has 0 radical (unpaired) electrons. The number of amides is 1. The van der Waals surface area contributed by atoms with Crippen LogP contribution in [0.1, 0.15) is 11.6 Å². The first-order valence-electron chi connectivity index (χ1n) is 5.01. The predicted octanol–water partition coefficient (Wildman–Crippen LogP) is -0.752. The second-order valence-corrected chi connectivity index (χ2v) is 3.47. The van der Waals surface area contributed by atoms with E-state index in [4.69, 9.17) is 15.9 Å². The molecule has 0 bridgehead atoms. The lowest BCUT2D eigenvalue weighted by Crippen LogP contribution is -2.46. The van der Waals surface area contributed by atoms with Gasteiger partial charge in [0.25, 0.3) is 0 Å². The molecule has 0 aliphatic rings. The number of aliphatic carboxylic acids is 1. The summed E-state index contributed by atoms with van der Waals surface area (Å²) >= 11 is 0. The van der Waals surface area contributed by atoms with Crippen molar-refractivity contribution in [2.75, 3.05) is 6.61 Å². The van der Waals surface area contributed by atoms with Gasteiger partial charge in [-0.15, -0.1) is 0 Å².